The van der Waals surface area contributed by atoms with Crippen molar-refractivity contribution in [2.45, 2.75) is 64.6 Å². The van der Waals surface area contributed by atoms with Gasteiger partial charge in [0.25, 0.3) is 0 Å². The lowest BCUT2D eigenvalue weighted by Crippen LogP contribution is -2.42. The van der Waals surface area contributed by atoms with Crippen molar-refractivity contribution in [3.8, 4) is 5.75 Å². The fourth-order valence-corrected chi connectivity index (χ4v) is 6.97. The predicted molar refractivity (Wildman–Crippen MR) is 173 cm³/mol. The highest BCUT2D eigenvalue weighted by molar-refractivity contribution is 5.87. The number of fused-ring (bicyclic) bond motifs is 2. The molecule has 9 heteroatoms. The first-order chi connectivity index (χ1) is 21.3. The lowest BCUT2D eigenvalue weighted by atomic mass is 10.0. The number of hydrogen-bond donors (Lipinski definition) is 4. The van der Waals surface area contributed by atoms with Gasteiger partial charge in [0.15, 0.2) is 0 Å². The van der Waals surface area contributed by atoms with Gasteiger partial charge in [-0.3, -0.25) is 14.5 Å². The van der Waals surface area contributed by atoms with Gasteiger partial charge in [-0.2, -0.15) is 0 Å². The second-order valence-electron chi connectivity index (χ2n) is 12.8. The molecule has 2 aliphatic rings. The Morgan fingerprint density at radius 1 is 1.09 bits per heavy atom. The van der Waals surface area contributed by atoms with Gasteiger partial charge in [-0.1, -0.05) is 36.8 Å². The minimum atomic E-state index is -0.846. The number of benzene rings is 2. The van der Waals surface area contributed by atoms with Crippen LogP contribution in [0.2, 0.25) is 0 Å². The second-order valence-corrected chi connectivity index (χ2v) is 12.8. The number of amides is 1. The van der Waals surface area contributed by atoms with Gasteiger partial charge in [-0.15, -0.1) is 0 Å². The lowest BCUT2D eigenvalue weighted by molar-refractivity contribution is -0.134. The molecular formula is C35H48N4O5. The number of aliphatic hydroxyl groups is 1. The Balaban J connectivity index is 0.999. The van der Waals surface area contributed by atoms with Crippen LogP contribution in [0.4, 0.5) is 0 Å². The SMILES string of the molecule is CC(C)N(CCNC[C@H](O)c1ccc(O)c2[nH]c(=O)ccc12)C(=O)CCOCCc1cccc(CN2CC3CCCC3C2)c1. The zero-order valence-corrected chi connectivity index (χ0v) is 26.1. The molecule has 3 atom stereocenters. The third kappa shape index (κ3) is 8.27. The maximum absolute atomic E-state index is 13.0. The van der Waals surface area contributed by atoms with E-state index in [2.05, 4.69) is 39.5 Å². The van der Waals surface area contributed by atoms with Gasteiger partial charge in [0.05, 0.1) is 31.3 Å². The number of H-pyrrole nitrogens is 1. The summed E-state index contributed by atoms with van der Waals surface area (Å²) in [5.74, 6) is 1.84. The number of likely N-dealkylation sites (tertiary alicyclic amines) is 1. The highest BCUT2D eigenvalue weighted by atomic mass is 16.5. The molecule has 3 aromatic rings. The number of aromatic nitrogens is 1. The van der Waals surface area contributed by atoms with Gasteiger partial charge >= 0.3 is 0 Å². The number of carbonyl (C=O) groups excluding carboxylic acids is 1. The van der Waals surface area contributed by atoms with Crippen LogP contribution in [0.3, 0.4) is 0 Å². The van der Waals surface area contributed by atoms with E-state index in [0.717, 1.165) is 24.8 Å². The van der Waals surface area contributed by atoms with Crippen LogP contribution in [0.15, 0.2) is 53.3 Å². The molecule has 0 radical (unpaired) electrons. The van der Waals surface area contributed by atoms with Crippen LogP contribution < -0.4 is 10.9 Å². The molecule has 2 fully saturated rings. The van der Waals surface area contributed by atoms with Gasteiger partial charge in [-0.25, -0.2) is 0 Å². The van der Waals surface area contributed by atoms with E-state index in [9.17, 15) is 19.8 Å². The van der Waals surface area contributed by atoms with Gasteiger partial charge in [-0.05, 0) is 73.8 Å². The van der Waals surface area contributed by atoms with Crippen molar-refractivity contribution in [1.29, 1.82) is 0 Å². The number of ether oxygens (including phenoxy) is 1. The van der Waals surface area contributed by atoms with Crippen LogP contribution in [-0.2, 0) is 22.5 Å². The fourth-order valence-electron chi connectivity index (χ4n) is 6.97. The molecule has 0 spiro atoms. The summed E-state index contributed by atoms with van der Waals surface area (Å²) in [7, 11) is 0. The Labute approximate surface area is 260 Å². The number of aromatic amines is 1. The van der Waals surface area contributed by atoms with Crippen LogP contribution in [0.1, 0.15) is 62.3 Å². The van der Waals surface area contributed by atoms with E-state index in [-0.39, 0.29) is 29.8 Å². The number of aromatic hydroxyl groups is 1. The summed E-state index contributed by atoms with van der Waals surface area (Å²) in [5, 5.41) is 24.7. The molecule has 44 heavy (non-hydrogen) atoms. The van der Waals surface area contributed by atoms with Crippen molar-refractivity contribution >= 4 is 16.8 Å². The normalized spacial score (nSPS) is 19.1. The maximum atomic E-state index is 13.0. The van der Waals surface area contributed by atoms with Crippen molar-refractivity contribution < 1.29 is 19.7 Å². The highest BCUT2D eigenvalue weighted by Gasteiger charge is 2.35. The van der Waals surface area contributed by atoms with Crippen molar-refractivity contribution in [1.82, 2.24) is 20.1 Å². The van der Waals surface area contributed by atoms with E-state index >= 15 is 0 Å². The smallest absolute Gasteiger partial charge is 0.248 e. The fraction of sp³-hybridized carbons (Fsp3) is 0.543. The largest absolute Gasteiger partial charge is 0.506 e. The molecular weight excluding hydrogens is 556 g/mol. The van der Waals surface area contributed by atoms with Crippen LogP contribution in [0.25, 0.3) is 10.9 Å². The van der Waals surface area contributed by atoms with Gasteiger partial charge in [0.1, 0.15) is 5.75 Å². The first-order valence-electron chi connectivity index (χ1n) is 16.2. The molecule has 5 rings (SSSR count). The number of aliphatic hydroxyl groups excluding tert-OH is 1. The van der Waals surface area contributed by atoms with E-state index in [4.69, 9.17) is 4.74 Å². The molecule has 1 amide bonds. The molecule has 1 saturated heterocycles. The molecule has 0 bridgehead atoms. The summed E-state index contributed by atoms with van der Waals surface area (Å²) in [4.78, 5) is 31.7. The van der Waals surface area contributed by atoms with E-state index in [1.807, 2.05) is 18.7 Å². The van der Waals surface area contributed by atoms with Crippen LogP contribution >= 0.6 is 0 Å². The number of rotatable bonds is 15. The monoisotopic (exact) mass is 604 g/mol. The Morgan fingerprint density at radius 3 is 2.64 bits per heavy atom. The molecule has 1 aliphatic carbocycles. The summed E-state index contributed by atoms with van der Waals surface area (Å²) in [6.45, 7) is 9.80. The maximum Gasteiger partial charge on any atom is 0.248 e. The van der Waals surface area contributed by atoms with Crippen molar-refractivity contribution in [2.75, 3.05) is 45.9 Å². The minimum Gasteiger partial charge on any atom is -0.506 e. The molecule has 1 aromatic heterocycles. The Hall–Kier alpha value is -3.24. The number of carbonyl (C=O) groups is 1. The summed E-state index contributed by atoms with van der Waals surface area (Å²) < 4.78 is 5.87. The van der Waals surface area contributed by atoms with Gasteiger partial charge < -0.3 is 30.2 Å². The van der Waals surface area contributed by atoms with Crippen LogP contribution in [-0.4, -0.2) is 82.9 Å². The Kier molecular flexibility index (Phi) is 11.1. The average Bonchev–Trinajstić information content (AvgIpc) is 3.59. The highest BCUT2D eigenvalue weighted by Crippen LogP contribution is 2.38. The number of pyridine rings is 1. The number of phenols is 1. The number of phenolic OH excluding ortho intramolecular Hbond substituents is 1. The van der Waals surface area contributed by atoms with Gasteiger partial charge in [0.2, 0.25) is 11.5 Å². The number of nitrogens with zero attached hydrogens (tertiary/aromatic N) is 2. The molecule has 4 N–H and O–H groups in total. The Morgan fingerprint density at radius 2 is 1.86 bits per heavy atom. The predicted octanol–water partition coefficient (Wildman–Crippen LogP) is 3.98. The average molecular weight is 605 g/mol. The van der Waals surface area contributed by atoms with E-state index in [1.165, 1.54) is 55.6 Å². The topological polar surface area (TPSA) is 118 Å². The first kappa shape index (κ1) is 32.2. The zero-order chi connectivity index (χ0) is 31.1. The number of hydrogen-bond acceptors (Lipinski definition) is 7. The summed E-state index contributed by atoms with van der Waals surface area (Å²) in [5.41, 5.74) is 3.25. The molecule has 2 heterocycles. The summed E-state index contributed by atoms with van der Waals surface area (Å²) >= 11 is 0. The van der Waals surface area contributed by atoms with Crippen molar-refractivity contribution in [2.24, 2.45) is 11.8 Å². The lowest BCUT2D eigenvalue weighted by Gasteiger charge is -2.27. The number of nitrogens with one attached hydrogen (secondary N) is 2. The molecule has 238 valence electrons. The van der Waals surface area contributed by atoms with E-state index in [0.29, 0.717) is 49.2 Å². The molecule has 1 saturated carbocycles. The third-order valence-corrected chi connectivity index (χ3v) is 9.27. The minimum absolute atomic E-state index is 0.0413. The molecule has 9 nitrogen and oxygen atoms in total. The second kappa shape index (κ2) is 15.2. The summed E-state index contributed by atoms with van der Waals surface area (Å²) in [6.07, 6.45) is 4.54. The first-order valence-corrected chi connectivity index (χ1v) is 16.2. The van der Waals surface area contributed by atoms with E-state index < -0.39 is 6.10 Å². The molecule has 1 aliphatic heterocycles. The molecule has 2 unspecified atom stereocenters. The van der Waals surface area contributed by atoms with Crippen LogP contribution in [0.5, 0.6) is 5.75 Å². The Bertz CT molecular complexity index is 1440. The molecule has 2 aromatic carbocycles. The third-order valence-electron chi connectivity index (χ3n) is 9.27. The van der Waals surface area contributed by atoms with Crippen LogP contribution in [0, 0.1) is 11.8 Å². The quantitative estimate of drug-likeness (QED) is 0.194. The standard InChI is InChI=1S/C35H48N4O5/c1-24(2)39(16-15-36-20-32(41)29-9-11-31(40)35-30(29)10-12-33(42)37-35)34(43)14-18-44-17-13-25-5-3-6-26(19-25)21-38-22-27-7-4-8-28(27)23-38/h3,5-6,9-12,19,24,27-28,32,36,40-41H,4,7-8,13-18,20-23H2,1-2H3,(H,37,42)/t27?,28?,32-/m0/s1. The van der Waals surface area contributed by atoms with Gasteiger partial charge in [0, 0.05) is 56.8 Å². The van der Waals surface area contributed by atoms with Crippen molar-refractivity contribution in [3.05, 3.63) is 75.6 Å². The van der Waals surface area contributed by atoms with E-state index in [1.54, 1.807) is 12.1 Å². The zero-order valence-electron chi connectivity index (χ0n) is 26.1. The van der Waals surface area contributed by atoms with Crippen molar-refractivity contribution in [3.63, 3.8) is 0 Å². The summed E-state index contributed by atoms with van der Waals surface area (Å²) in [6, 6.07) is 15.0.